The van der Waals surface area contributed by atoms with Crippen LogP contribution in [0.4, 0.5) is 0 Å². The highest BCUT2D eigenvalue weighted by molar-refractivity contribution is 5.83. The number of hydrogen-bond donors (Lipinski definition) is 1. The van der Waals surface area contributed by atoms with Gasteiger partial charge in [0.25, 0.3) is 0 Å². The summed E-state index contributed by atoms with van der Waals surface area (Å²) >= 11 is 0. The van der Waals surface area contributed by atoms with Gasteiger partial charge in [-0.1, -0.05) is 25.7 Å². The summed E-state index contributed by atoms with van der Waals surface area (Å²) in [7, 11) is 1.94. The Balaban J connectivity index is 1.88. The van der Waals surface area contributed by atoms with Crippen LogP contribution in [0.3, 0.4) is 0 Å². The summed E-state index contributed by atoms with van der Waals surface area (Å²) in [4.78, 5) is 25.5. The van der Waals surface area contributed by atoms with E-state index in [0.717, 1.165) is 12.8 Å². The van der Waals surface area contributed by atoms with Gasteiger partial charge in [-0.15, -0.1) is 0 Å². The SMILES string of the molecule is CN(C(=O)C1CCC(=O)NC1)C1CCCCCC1. The Hall–Kier alpha value is -1.06. The zero-order valence-electron chi connectivity index (χ0n) is 11.3. The fraction of sp³-hybridized carbons (Fsp3) is 0.857. The first-order valence-corrected chi connectivity index (χ1v) is 7.22. The molecule has 1 aliphatic heterocycles. The average Bonchev–Trinajstić information content (AvgIpc) is 2.67. The van der Waals surface area contributed by atoms with Crippen LogP contribution in [0.25, 0.3) is 0 Å². The van der Waals surface area contributed by atoms with Crippen molar-refractivity contribution in [2.24, 2.45) is 5.92 Å². The molecular weight excluding hydrogens is 228 g/mol. The maximum Gasteiger partial charge on any atom is 0.227 e. The number of nitrogens with one attached hydrogen (secondary N) is 1. The van der Waals surface area contributed by atoms with Crippen LogP contribution in [0.5, 0.6) is 0 Å². The van der Waals surface area contributed by atoms with Gasteiger partial charge in [-0.3, -0.25) is 9.59 Å². The lowest BCUT2D eigenvalue weighted by molar-refractivity contribution is -0.138. The smallest absolute Gasteiger partial charge is 0.227 e. The Bertz CT molecular complexity index is 299. The lowest BCUT2D eigenvalue weighted by atomic mass is 9.96. The zero-order valence-corrected chi connectivity index (χ0v) is 11.3. The standard InChI is InChI=1S/C14H24N2O2/c1-16(12-6-4-2-3-5-7-12)14(18)11-8-9-13(17)15-10-11/h11-12H,2-10H2,1H3,(H,15,17). The van der Waals surface area contributed by atoms with Crippen molar-refractivity contribution >= 4 is 11.8 Å². The third-order valence-electron chi connectivity index (χ3n) is 4.33. The van der Waals surface area contributed by atoms with Crippen molar-refractivity contribution in [2.45, 2.75) is 57.4 Å². The number of hydrogen-bond acceptors (Lipinski definition) is 2. The first-order valence-electron chi connectivity index (χ1n) is 7.22. The largest absolute Gasteiger partial charge is 0.355 e. The van der Waals surface area contributed by atoms with Crippen LogP contribution in [0.1, 0.15) is 51.4 Å². The summed E-state index contributed by atoms with van der Waals surface area (Å²) in [6.45, 7) is 0.523. The highest BCUT2D eigenvalue weighted by Gasteiger charge is 2.30. The first kappa shape index (κ1) is 13.4. The van der Waals surface area contributed by atoms with Gasteiger partial charge in [0, 0.05) is 26.1 Å². The molecule has 0 aromatic carbocycles. The molecule has 4 heteroatoms. The molecule has 1 saturated heterocycles. The van der Waals surface area contributed by atoms with Crippen molar-refractivity contribution < 1.29 is 9.59 Å². The van der Waals surface area contributed by atoms with Crippen molar-refractivity contribution in [2.75, 3.05) is 13.6 Å². The number of rotatable bonds is 2. The van der Waals surface area contributed by atoms with Crippen LogP contribution in [-0.4, -0.2) is 36.3 Å². The molecule has 2 rings (SSSR count). The number of carbonyl (C=O) groups excluding carboxylic acids is 2. The van der Waals surface area contributed by atoms with Gasteiger partial charge < -0.3 is 10.2 Å². The molecule has 2 aliphatic rings. The second-order valence-electron chi connectivity index (χ2n) is 5.63. The first-order chi connectivity index (χ1) is 8.68. The Kier molecular flexibility index (Phi) is 4.61. The molecule has 1 atom stereocenters. The molecule has 1 N–H and O–H groups in total. The monoisotopic (exact) mass is 252 g/mol. The van der Waals surface area contributed by atoms with Crippen LogP contribution in [0.2, 0.25) is 0 Å². The number of piperidine rings is 1. The van der Waals surface area contributed by atoms with Crippen molar-refractivity contribution in [1.29, 1.82) is 0 Å². The van der Waals surface area contributed by atoms with Crippen LogP contribution in [-0.2, 0) is 9.59 Å². The van der Waals surface area contributed by atoms with E-state index >= 15 is 0 Å². The molecule has 0 aromatic rings. The zero-order chi connectivity index (χ0) is 13.0. The second kappa shape index (κ2) is 6.21. The van der Waals surface area contributed by atoms with Gasteiger partial charge in [0.1, 0.15) is 0 Å². The fourth-order valence-corrected chi connectivity index (χ4v) is 3.06. The fourth-order valence-electron chi connectivity index (χ4n) is 3.06. The minimum atomic E-state index is -0.00375. The highest BCUT2D eigenvalue weighted by Crippen LogP contribution is 2.23. The molecule has 1 heterocycles. The van der Waals surface area contributed by atoms with Crippen molar-refractivity contribution in [3.8, 4) is 0 Å². The predicted molar refractivity (Wildman–Crippen MR) is 70.0 cm³/mol. The lowest BCUT2D eigenvalue weighted by Crippen LogP contribution is -2.46. The minimum absolute atomic E-state index is 0.00375. The normalized spacial score (nSPS) is 26.3. The maximum atomic E-state index is 12.4. The molecule has 0 radical (unpaired) electrons. The van der Waals surface area contributed by atoms with Crippen molar-refractivity contribution in [3.63, 3.8) is 0 Å². The molecule has 1 saturated carbocycles. The highest BCUT2D eigenvalue weighted by atomic mass is 16.2. The number of nitrogens with zero attached hydrogens (tertiary/aromatic N) is 1. The summed E-state index contributed by atoms with van der Waals surface area (Å²) < 4.78 is 0. The predicted octanol–water partition coefficient (Wildman–Crippen LogP) is 1.69. The third kappa shape index (κ3) is 3.24. The van der Waals surface area contributed by atoms with Gasteiger partial charge in [-0.2, -0.15) is 0 Å². The molecule has 102 valence electrons. The van der Waals surface area contributed by atoms with E-state index in [2.05, 4.69) is 5.32 Å². The minimum Gasteiger partial charge on any atom is -0.355 e. The second-order valence-corrected chi connectivity index (χ2v) is 5.63. The van der Waals surface area contributed by atoms with E-state index in [-0.39, 0.29) is 17.7 Å². The molecule has 0 bridgehead atoms. The summed E-state index contributed by atoms with van der Waals surface area (Å²) in [6.07, 6.45) is 8.57. The Morgan fingerprint density at radius 2 is 1.83 bits per heavy atom. The van der Waals surface area contributed by atoms with Gasteiger partial charge in [0.2, 0.25) is 11.8 Å². The van der Waals surface area contributed by atoms with E-state index in [1.54, 1.807) is 0 Å². The molecule has 1 unspecified atom stereocenters. The average molecular weight is 252 g/mol. The number of amides is 2. The summed E-state index contributed by atoms with van der Waals surface area (Å²) in [5, 5.41) is 2.80. The Morgan fingerprint density at radius 1 is 1.17 bits per heavy atom. The quantitative estimate of drug-likeness (QED) is 0.760. The summed E-state index contributed by atoms with van der Waals surface area (Å²) in [5.74, 6) is 0.300. The van der Waals surface area contributed by atoms with Gasteiger partial charge >= 0.3 is 0 Å². The molecule has 2 fully saturated rings. The number of carbonyl (C=O) groups is 2. The van der Waals surface area contributed by atoms with Crippen molar-refractivity contribution in [3.05, 3.63) is 0 Å². The summed E-state index contributed by atoms with van der Waals surface area (Å²) in [5.41, 5.74) is 0. The molecule has 2 amide bonds. The topological polar surface area (TPSA) is 49.4 Å². The van der Waals surface area contributed by atoms with E-state index in [1.165, 1.54) is 25.7 Å². The molecule has 0 aromatic heterocycles. The Labute approximate surface area is 109 Å². The van der Waals surface area contributed by atoms with Gasteiger partial charge in [0.15, 0.2) is 0 Å². The summed E-state index contributed by atoms with van der Waals surface area (Å²) in [6, 6.07) is 0.414. The van der Waals surface area contributed by atoms with Gasteiger partial charge in [0.05, 0.1) is 5.92 Å². The van der Waals surface area contributed by atoms with Crippen LogP contribution in [0, 0.1) is 5.92 Å². The maximum absolute atomic E-state index is 12.4. The van der Waals surface area contributed by atoms with Gasteiger partial charge in [-0.05, 0) is 19.3 Å². The van der Waals surface area contributed by atoms with Crippen LogP contribution < -0.4 is 5.32 Å². The van der Waals surface area contributed by atoms with E-state index < -0.39 is 0 Å². The lowest BCUT2D eigenvalue weighted by Gasteiger charge is -2.32. The van der Waals surface area contributed by atoms with E-state index in [4.69, 9.17) is 0 Å². The molecule has 18 heavy (non-hydrogen) atoms. The van der Waals surface area contributed by atoms with Crippen LogP contribution in [0.15, 0.2) is 0 Å². The molecule has 0 spiro atoms. The Morgan fingerprint density at radius 3 is 2.39 bits per heavy atom. The van der Waals surface area contributed by atoms with E-state index in [1.807, 2.05) is 11.9 Å². The van der Waals surface area contributed by atoms with Crippen molar-refractivity contribution in [1.82, 2.24) is 10.2 Å². The molecule has 4 nitrogen and oxygen atoms in total. The van der Waals surface area contributed by atoms with Gasteiger partial charge in [-0.25, -0.2) is 0 Å². The molecule has 1 aliphatic carbocycles. The van der Waals surface area contributed by atoms with E-state index in [9.17, 15) is 9.59 Å². The molecular formula is C14H24N2O2. The third-order valence-corrected chi connectivity index (χ3v) is 4.33. The van der Waals surface area contributed by atoms with Crippen LogP contribution >= 0.6 is 0 Å². The van der Waals surface area contributed by atoms with E-state index in [0.29, 0.717) is 25.4 Å².